The molecule has 1 amide bonds. The number of nitrogens with one attached hydrogen (secondary N) is 2. The number of rotatable bonds is 6. The summed E-state index contributed by atoms with van der Waals surface area (Å²) >= 11 is 8.68. The molecule has 2 unspecified atom stereocenters. The lowest BCUT2D eigenvalue weighted by Crippen LogP contribution is -2.50. The predicted octanol–water partition coefficient (Wildman–Crippen LogP) is 4.16. The minimum absolute atomic E-state index is 0.0273. The molecule has 0 aromatic heterocycles. The maximum Gasteiger partial charge on any atom is 0.256 e. The molecule has 24 heavy (non-hydrogen) atoms. The van der Waals surface area contributed by atoms with Crippen molar-refractivity contribution >= 4 is 39.2 Å². The zero-order valence-corrected chi connectivity index (χ0v) is 16.3. The Hall–Kier alpha value is -1.14. The summed E-state index contributed by atoms with van der Waals surface area (Å²) in [6.45, 7) is 2.22. The average Bonchev–Trinajstić information content (AvgIpc) is 2.82. The number of carbonyl (C=O) groups excluding carboxylic acids is 1. The first-order valence-electron chi connectivity index (χ1n) is 8.65. The van der Waals surface area contributed by atoms with E-state index in [0.717, 1.165) is 28.6 Å². The van der Waals surface area contributed by atoms with Crippen LogP contribution in [-0.2, 0) is 10.3 Å². The molecule has 1 saturated heterocycles. The van der Waals surface area contributed by atoms with E-state index in [9.17, 15) is 4.79 Å². The van der Waals surface area contributed by atoms with Crippen molar-refractivity contribution in [2.24, 2.45) is 0 Å². The van der Waals surface area contributed by atoms with Crippen LogP contribution in [0.3, 0.4) is 0 Å². The lowest BCUT2D eigenvalue weighted by Gasteiger charge is -2.38. The van der Waals surface area contributed by atoms with Crippen molar-refractivity contribution in [2.75, 3.05) is 0 Å². The maximum atomic E-state index is 12.7. The lowest BCUT2D eigenvalue weighted by atomic mass is 9.81. The topological polar surface area (TPSA) is 50.4 Å². The third-order valence-electron chi connectivity index (χ3n) is 4.80. The fourth-order valence-corrected chi connectivity index (χ4v) is 4.20. The van der Waals surface area contributed by atoms with Gasteiger partial charge in [-0.2, -0.15) is 0 Å². The van der Waals surface area contributed by atoms with Gasteiger partial charge in [0.2, 0.25) is 0 Å². The van der Waals surface area contributed by atoms with Crippen molar-refractivity contribution in [1.82, 2.24) is 10.6 Å². The third-order valence-corrected chi connectivity index (χ3v) is 5.50. The van der Waals surface area contributed by atoms with Crippen molar-refractivity contribution in [3.8, 4) is 5.75 Å². The molecule has 0 radical (unpaired) electrons. The molecule has 2 aliphatic heterocycles. The summed E-state index contributed by atoms with van der Waals surface area (Å²) in [6.07, 6.45) is 7.72. The van der Waals surface area contributed by atoms with Crippen molar-refractivity contribution in [1.29, 1.82) is 0 Å². The summed E-state index contributed by atoms with van der Waals surface area (Å²) in [5.41, 5.74) is 0.0548. The van der Waals surface area contributed by atoms with Gasteiger partial charge in [-0.25, -0.2) is 0 Å². The van der Waals surface area contributed by atoms with Crippen molar-refractivity contribution in [3.05, 3.63) is 28.2 Å². The molecule has 1 aromatic rings. The molecule has 4 nitrogen and oxygen atoms in total. The van der Waals surface area contributed by atoms with Crippen LogP contribution in [0.2, 0.25) is 0 Å². The van der Waals surface area contributed by atoms with E-state index in [1.807, 2.05) is 18.2 Å². The van der Waals surface area contributed by atoms with Gasteiger partial charge >= 0.3 is 0 Å². The molecule has 130 valence electrons. The zero-order valence-electron chi connectivity index (χ0n) is 13.9. The number of hydrogen-bond acceptors (Lipinski definition) is 3. The van der Waals surface area contributed by atoms with Crippen LogP contribution in [-0.4, -0.2) is 17.1 Å². The maximum absolute atomic E-state index is 12.7. The number of ether oxygens (including phenoxy) is 1. The normalized spacial score (nSPS) is 25.2. The van der Waals surface area contributed by atoms with Crippen LogP contribution in [0.4, 0.5) is 0 Å². The highest BCUT2D eigenvalue weighted by Crippen LogP contribution is 2.43. The van der Waals surface area contributed by atoms with E-state index in [1.165, 1.54) is 25.7 Å². The summed E-state index contributed by atoms with van der Waals surface area (Å²) in [5, 5.41) is 6.36. The van der Waals surface area contributed by atoms with Crippen LogP contribution in [0, 0.1) is 0 Å². The Morgan fingerprint density at radius 1 is 1.33 bits per heavy atom. The Labute approximate surface area is 156 Å². The molecule has 6 heteroatoms. The zero-order chi connectivity index (χ0) is 17.2. The van der Waals surface area contributed by atoms with E-state index in [1.54, 1.807) is 0 Å². The minimum atomic E-state index is -0.803. The molecule has 0 bridgehead atoms. The van der Waals surface area contributed by atoms with Gasteiger partial charge in [-0.05, 0) is 43.3 Å². The number of fused-ring (bicyclic) bond motifs is 2. The number of unbranched alkanes of at least 4 members (excludes halogenated alkanes) is 4. The summed E-state index contributed by atoms with van der Waals surface area (Å²) in [4.78, 5) is 12.7. The van der Waals surface area contributed by atoms with Crippen LogP contribution in [0.5, 0.6) is 5.75 Å². The van der Waals surface area contributed by atoms with Gasteiger partial charge in [-0.15, -0.1) is 0 Å². The first-order chi connectivity index (χ1) is 11.5. The number of thiocarbonyl (C=S) groups is 1. The van der Waals surface area contributed by atoms with Gasteiger partial charge < -0.3 is 15.4 Å². The molecule has 1 spiro atoms. The second-order valence-electron chi connectivity index (χ2n) is 6.60. The van der Waals surface area contributed by atoms with Crippen LogP contribution in [0.15, 0.2) is 22.7 Å². The molecule has 2 atom stereocenters. The summed E-state index contributed by atoms with van der Waals surface area (Å²) in [5.74, 6) is 0.696. The van der Waals surface area contributed by atoms with Gasteiger partial charge in [0, 0.05) is 16.5 Å². The number of carbonyl (C=O) groups is 1. The predicted molar refractivity (Wildman–Crippen MR) is 102 cm³/mol. The van der Waals surface area contributed by atoms with Gasteiger partial charge in [0.1, 0.15) is 11.9 Å². The van der Waals surface area contributed by atoms with Gasteiger partial charge in [0.05, 0.1) is 0 Å². The first-order valence-corrected chi connectivity index (χ1v) is 9.85. The summed E-state index contributed by atoms with van der Waals surface area (Å²) in [6, 6.07) is 5.83. The largest absolute Gasteiger partial charge is 0.490 e. The number of halogens is 1. The SMILES string of the molecule is CCCCCCCC1CC2(NC(=S)NC2=O)c2cc(Br)ccc2O1. The van der Waals surface area contributed by atoms with Crippen molar-refractivity contribution in [3.63, 3.8) is 0 Å². The number of benzene rings is 1. The fraction of sp³-hybridized carbons (Fsp3) is 0.556. The second-order valence-corrected chi connectivity index (χ2v) is 7.92. The molecule has 1 aromatic carbocycles. The Balaban J connectivity index is 1.79. The standard InChI is InChI=1S/C18H23BrN2O2S/c1-2-3-4-5-6-7-13-11-18(16(22)20-17(24)21-18)14-10-12(19)8-9-15(14)23-13/h8-10,13H,2-7,11H2,1H3,(H2,20,21,22,24). The molecule has 0 aliphatic carbocycles. The highest BCUT2D eigenvalue weighted by Gasteiger charge is 2.51. The summed E-state index contributed by atoms with van der Waals surface area (Å²) in [7, 11) is 0. The smallest absolute Gasteiger partial charge is 0.256 e. The van der Waals surface area contributed by atoms with Crippen LogP contribution >= 0.6 is 28.1 Å². The Kier molecular flexibility index (Phi) is 5.45. The molecule has 2 aliphatic rings. The molecule has 1 fully saturated rings. The van der Waals surface area contributed by atoms with E-state index >= 15 is 0 Å². The number of hydrogen-bond donors (Lipinski definition) is 2. The molecule has 2 N–H and O–H groups in total. The van der Waals surface area contributed by atoms with Crippen LogP contribution in [0.25, 0.3) is 0 Å². The fourth-order valence-electron chi connectivity index (χ4n) is 3.57. The molecule has 3 rings (SSSR count). The first kappa shape index (κ1) is 17.7. The van der Waals surface area contributed by atoms with Crippen LogP contribution in [0.1, 0.15) is 57.4 Å². The summed E-state index contributed by atoms with van der Waals surface area (Å²) < 4.78 is 7.11. The van der Waals surface area contributed by atoms with E-state index in [0.29, 0.717) is 11.5 Å². The van der Waals surface area contributed by atoms with Gasteiger partial charge in [-0.1, -0.05) is 48.5 Å². The van der Waals surface area contributed by atoms with Gasteiger partial charge in [-0.3, -0.25) is 4.79 Å². The Morgan fingerprint density at radius 3 is 2.83 bits per heavy atom. The molecular formula is C18H23BrN2O2S. The van der Waals surface area contributed by atoms with Gasteiger partial charge in [0.25, 0.3) is 5.91 Å². The van der Waals surface area contributed by atoms with Crippen molar-refractivity contribution < 1.29 is 9.53 Å². The molecular weight excluding hydrogens is 388 g/mol. The van der Waals surface area contributed by atoms with E-state index in [-0.39, 0.29) is 12.0 Å². The highest BCUT2D eigenvalue weighted by molar-refractivity contribution is 9.10. The number of amides is 1. The average molecular weight is 411 g/mol. The Bertz CT molecular complexity index is 652. The van der Waals surface area contributed by atoms with Gasteiger partial charge in [0.15, 0.2) is 10.7 Å². The van der Waals surface area contributed by atoms with Crippen molar-refractivity contribution in [2.45, 2.75) is 63.5 Å². The quantitative estimate of drug-likeness (QED) is 0.545. The minimum Gasteiger partial charge on any atom is -0.490 e. The Morgan fingerprint density at radius 2 is 2.12 bits per heavy atom. The van der Waals surface area contributed by atoms with E-state index in [4.69, 9.17) is 17.0 Å². The molecule has 2 heterocycles. The van der Waals surface area contributed by atoms with Crippen LogP contribution < -0.4 is 15.4 Å². The lowest BCUT2D eigenvalue weighted by molar-refractivity contribution is -0.126. The van der Waals surface area contributed by atoms with E-state index in [2.05, 4.69) is 33.5 Å². The third kappa shape index (κ3) is 3.45. The highest BCUT2D eigenvalue weighted by atomic mass is 79.9. The second kappa shape index (κ2) is 7.40. The molecule has 0 saturated carbocycles. The van der Waals surface area contributed by atoms with E-state index < -0.39 is 5.54 Å². The monoisotopic (exact) mass is 410 g/mol.